The van der Waals surface area contributed by atoms with Crippen LogP contribution in [0, 0.1) is 22.7 Å². The lowest BCUT2D eigenvalue weighted by Gasteiger charge is -2.22. The molecule has 0 amide bonds. The van der Waals surface area contributed by atoms with Gasteiger partial charge in [-0.2, -0.15) is 10.5 Å². The van der Waals surface area contributed by atoms with Gasteiger partial charge in [-0.15, -0.1) is 11.8 Å². The van der Waals surface area contributed by atoms with E-state index >= 15 is 0 Å². The average molecular weight is 465 g/mol. The molecule has 5 rings (SSSR count). The Morgan fingerprint density at radius 3 is 2.59 bits per heavy atom. The Morgan fingerprint density at radius 2 is 1.85 bits per heavy atom. The monoisotopic (exact) mass is 464 g/mol. The zero-order valence-corrected chi connectivity index (χ0v) is 20.0. The molecule has 0 bridgehead atoms. The minimum Gasteiger partial charge on any atom is -0.436 e. The first-order chi connectivity index (χ1) is 16.6. The summed E-state index contributed by atoms with van der Waals surface area (Å²) in [7, 11) is 0. The van der Waals surface area contributed by atoms with Crippen LogP contribution < -0.4 is 0 Å². The van der Waals surface area contributed by atoms with Crippen molar-refractivity contribution in [3.63, 3.8) is 0 Å². The fourth-order valence-electron chi connectivity index (χ4n) is 4.76. The van der Waals surface area contributed by atoms with Crippen LogP contribution >= 0.6 is 11.8 Å². The third-order valence-electron chi connectivity index (χ3n) is 6.60. The Morgan fingerprint density at radius 1 is 1.06 bits per heavy atom. The van der Waals surface area contributed by atoms with Crippen molar-refractivity contribution in [3.05, 3.63) is 71.3 Å². The highest BCUT2D eigenvalue weighted by atomic mass is 32.2. The predicted octanol–water partition coefficient (Wildman–Crippen LogP) is 6.61. The van der Waals surface area contributed by atoms with Crippen LogP contribution in [-0.2, 0) is 6.54 Å². The maximum absolute atomic E-state index is 10.1. The average Bonchev–Trinajstić information content (AvgIpc) is 3.48. The molecule has 1 aliphatic heterocycles. The summed E-state index contributed by atoms with van der Waals surface area (Å²) in [6.45, 7) is 4.32. The molecule has 0 radical (unpaired) electrons. The molecule has 0 saturated carbocycles. The number of oxazole rings is 1. The maximum Gasteiger partial charge on any atom is 0.228 e. The van der Waals surface area contributed by atoms with Crippen LogP contribution in [-0.4, -0.2) is 28.7 Å². The smallest absolute Gasteiger partial charge is 0.228 e. The third-order valence-corrected chi connectivity index (χ3v) is 7.42. The van der Waals surface area contributed by atoms with Crippen molar-refractivity contribution in [1.29, 1.82) is 10.5 Å². The molecule has 1 saturated heterocycles. The number of aromatic nitrogens is 1. The van der Waals surface area contributed by atoms with Crippen molar-refractivity contribution in [2.75, 3.05) is 12.8 Å². The van der Waals surface area contributed by atoms with Crippen LogP contribution in [0.25, 0.3) is 33.7 Å². The van der Waals surface area contributed by atoms with Gasteiger partial charge < -0.3 is 4.42 Å². The summed E-state index contributed by atoms with van der Waals surface area (Å²) in [5, 5.41) is 19.6. The molecule has 2 heterocycles. The molecular weight excluding hydrogens is 440 g/mol. The predicted molar refractivity (Wildman–Crippen MR) is 135 cm³/mol. The Labute approximate surface area is 203 Å². The minimum atomic E-state index is 0.418. The Hall–Kier alpha value is -3.58. The van der Waals surface area contributed by atoms with E-state index in [1.165, 1.54) is 23.3 Å². The van der Waals surface area contributed by atoms with Gasteiger partial charge in [-0.05, 0) is 62.4 Å². The molecule has 1 atom stereocenters. The molecular formula is C28H24N4OS. The van der Waals surface area contributed by atoms with E-state index in [0.717, 1.165) is 24.2 Å². The highest BCUT2D eigenvalue weighted by molar-refractivity contribution is 7.98. The van der Waals surface area contributed by atoms with E-state index < -0.39 is 0 Å². The molecule has 5 nitrogen and oxygen atoms in total. The van der Waals surface area contributed by atoms with Crippen molar-refractivity contribution < 1.29 is 4.42 Å². The molecule has 1 aliphatic rings. The molecule has 0 unspecified atom stereocenters. The molecule has 3 aromatic carbocycles. The lowest BCUT2D eigenvalue weighted by molar-refractivity contribution is 0.258. The molecule has 4 aromatic rings. The van der Waals surface area contributed by atoms with E-state index in [0.29, 0.717) is 39.8 Å². The number of hydrogen-bond acceptors (Lipinski definition) is 6. The van der Waals surface area contributed by atoms with Gasteiger partial charge in [0.05, 0.1) is 22.8 Å². The Bertz CT molecular complexity index is 1460. The van der Waals surface area contributed by atoms with Crippen LogP contribution in [0.3, 0.4) is 0 Å². The Balaban J connectivity index is 1.60. The number of thioether (sulfide) groups is 1. The second kappa shape index (κ2) is 9.35. The van der Waals surface area contributed by atoms with E-state index in [2.05, 4.69) is 42.4 Å². The molecule has 0 N–H and O–H groups in total. The fraction of sp³-hybridized carbons (Fsp3) is 0.250. The Kier molecular flexibility index (Phi) is 6.11. The van der Waals surface area contributed by atoms with Gasteiger partial charge in [0.1, 0.15) is 11.6 Å². The topological polar surface area (TPSA) is 76.8 Å². The van der Waals surface area contributed by atoms with Crippen LogP contribution in [0.1, 0.15) is 36.5 Å². The standard InChI is InChI=1S/C28H24N4OS/c1-18-7-6-12-32(18)17-20-13-25-26(14-27(20)34-2)33-28(31-25)23-11-5-10-22(24(23)16-30)21-9-4-3-8-19(21)15-29/h3-5,8-11,13-14,18H,6-7,12,17H2,1-2H3/t18-/m1/s1. The number of likely N-dealkylation sites (tertiary alicyclic amines) is 1. The van der Waals surface area contributed by atoms with E-state index in [-0.39, 0.29) is 0 Å². The van der Waals surface area contributed by atoms with Gasteiger partial charge >= 0.3 is 0 Å². The van der Waals surface area contributed by atoms with Gasteiger partial charge in [-0.3, -0.25) is 4.90 Å². The van der Waals surface area contributed by atoms with Gasteiger partial charge in [0.2, 0.25) is 5.89 Å². The van der Waals surface area contributed by atoms with E-state index in [1.54, 1.807) is 17.8 Å². The van der Waals surface area contributed by atoms with Crippen LogP contribution in [0.5, 0.6) is 0 Å². The van der Waals surface area contributed by atoms with Gasteiger partial charge in [-0.25, -0.2) is 4.98 Å². The lowest BCUT2D eigenvalue weighted by atomic mass is 9.93. The van der Waals surface area contributed by atoms with Gasteiger partial charge in [0, 0.05) is 28.6 Å². The second-order valence-electron chi connectivity index (χ2n) is 8.61. The van der Waals surface area contributed by atoms with E-state index in [1.807, 2.05) is 36.4 Å². The lowest BCUT2D eigenvalue weighted by Crippen LogP contribution is -2.26. The fourth-order valence-corrected chi connectivity index (χ4v) is 5.38. The minimum absolute atomic E-state index is 0.418. The number of rotatable bonds is 5. The summed E-state index contributed by atoms with van der Waals surface area (Å²) in [4.78, 5) is 8.49. The van der Waals surface area contributed by atoms with Gasteiger partial charge in [0.25, 0.3) is 0 Å². The summed E-state index contributed by atoms with van der Waals surface area (Å²) in [6.07, 6.45) is 4.57. The number of nitriles is 2. The zero-order chi connectivity index (χ0) is 23.7. The molecule has 6 heteroatoms. The second-order valence-corrected chi connectivity index (χ2v) is 9.46. The van der Waals surface area contributed by atoms with Gasteiger partial charge in [0.15, 0.2) is 5.58 Å². The van der Waals surface area contributed by atoms with E-state index in [4.69, 9.17) is 9.40 Å². The molecule has 1 fully saturated rings. The first-order valence-electron chi connectivity index (χ1n) is 11.4. The number of fused-ring (bicyclic) bond motifs is 1. The summed E-state index contributed by atoms with van der Waals surface area (Å²) in [6, 6.07) is 22.2. The molecule has 34 heavy (non-hydrogen) atoms. The van der Waals surface area contributed by atoms with Crippen LogP contribution in [0.15, 0.2) is 63.9 Å². The van der Waals surface area contributed by atoms with Crippen molar-refractivity contribution >= 4 is 22.9 Å². The SMILES string of the molecule is CSc1cc2oc(-c3cccc(-c4ccccc4C#N)c3C#N)nc2cc1CN1CCC[C@H]1C. The molecule has 1 aromatic heterocycles. The first-order valence-corrected chi connectivity index (χ1v) is 12.6. The summed E-state index contributed by atoms with van der Waals surface area (Å²) < 4.78 is 6.18. The normalized spacial score (nSPS) is 15.9. The van der Waals surface area contributed by atoms with Crippen molar-refractivity contribution in [2.45, 2.75) is 37.2 Å². The van der Waals surface area contributed by atoms with Crippen molar-refractivity contribution in [2.24, 2.45) is 0 Å². The third kappa shape index (κ3) is 3.96. The summed E-state index contributed by atoms with van der Waals surface area (Å²) in [5.74, 6) is 0.418. The zero-order valence-electron chi connectivity index (χ0n) is 19.2. The largest absolute Gasteiger partial charge is 0.436 e. The summed E-state index contributed by atoms with van der Waals surface area (Å²) in [5.41, 5.74) is 5.80. The first kappa shape index (κ1) is 22.2. The number of nitrogens with zero attached hydrogens (tertiary/aromatic N) is 4. The quantitative estimate of drug-likeness (QED) is 0.309. The van der Waals surface area contributed by atoms with E-state index in [9.17, 15) is 10.5 Å². The van der Waals surface area contributed by atoms with Crippen molar-refractivity contribution in [1.82, 2.24) is 9.88 Å². The van der Waals surface area contributed by atoms with Gasteiger partial charge in [-0.1, -0.05) is 30.3 Å². The molecule has 168 valence electrons. The van der Waals surface area contributed by atoms with Crippen molar-refractivity contribution in [3.8, 4) is 34.7 Å². The number of benzene rings is 3. The highest BCUT2D eigenvalue weighted by Crippen LogP contribution is 2.36. The molecule has 0 aliphatic carbocycles. The summed E-state index contributed by atoms with van der Waals surface area (Å²) >= 11 is 1.71. The van der Waals surface area contributed by atoms with Crippen LogP contribution in [0.4, 0.5) is 0 Å². The highest BCUT2D eigenvalue weighted by Gasteiger charge is 2.23. The molecule has 0 spiro atoms. The number of hydrogen-bond donors (Lipinski definition) is 0. The van der Waals surface area contributed by atoms with Crippen LogP contribution in [0.2, 0.25) is 0 Å². The maximum atomic E-state index is 10.1.